The van der Waals surface area contributed by atoms with Gasteiger partial charge in [0, 0.05) is 237 Å². The largest absolute Gasteiger partial charge is 0.396 e. The highest BCUT2D eigenvalue weighted by Crippen LogP contribution is 2.05. The Morgan fingerprint density at radius 3 is 0.342 bits per heavy atom. The first-order valence-electron chi connectivity index (χ1n) is 29.1. The van der Waals surface area contributed by atoms with Crippen molar-refractivity contribution in [2.75, 3.05) is 237 Å². The molecule has 0 radical (unpaired) electrons. The molecular formula is C54H116N6O13. The number of ether oxygens (including phenoxy) is 5. The van der Waals surface area contributed by atoms with Crippen molar-refractivity contribution in [1.29, 1.82) is 0 Å². The molecule has 0 aliphatic rings. The number of aliphatic hydroxyl groups is 8. The van der Waals surface area contributed by atoms with Crippen molar-refractivity contribution in [3.8, 4) is 0 Å². The summed E-state index contributed by atoms with van der Waals surface area (Å²) in [5.74, 6) is 0. The lowest BCUT2D eigenvalue weighted by Crippen LogP contribution is -2.31. The van der Waals surface area contributed by atoms with Crippen molar-refractivity contribution in [2.45, 2.75) is 116 Å². The predicted molar refractivity (Wildman–Crippen MR) is 293 cm³/mol. The Hall–Kier alpha value is -0.760. The van der Waals surface area contributed by atoms with Crippen molar-refractivity contribution in [3.05, 3.63) is 0 Å². The smallest absolute Gasteiger partial charge is 0.0478 e. The SMILES string of the molecule is OCCCN(CCCO)CCCOCCCN(CCCOCCCN(CCCO)CCCO)CCCOCCCN(CCCOCCCN(CCCO)CCCO)CCCOCCCN(CCCO)CCCO. The van der Waals surface area contributed by atoms with Gasteiger partial charge in [0.05, 0.1) is 0 Å². The van der Waals surface area contributed by atoms with Crippen LogP contribution < -0.4 is 0 Å². The Kier molecular flexibility index (Phi) is 59.8. The summed E-state index contributed by atoms with van der Waals surface area (Å²) in [7, 11) is 0. The van der Waals surface area contributed by atoms with Crippen molar-refractivity contribution in [3.63, 3.8) is 0 Å². The number of hydrogen-bond donors (Lipinski definition) is 8. The van der Waals surface area contributed by atoms with Gasteiger partial charge in [-0.2, -0.15) is 0 Å². The quantitative estimate of drug-likeness (QED) is 0.0407. The Morgan fingerprint density at radius 2 is 0.247 bits per heavy atom. The molecule has 0 aliphatic carbocycles. The van der Waals surface area contributed by atoms with Gasteiger partial charge in [-0.25, -0.2) is 0 Å². The third kappa shape index (κ3) is 51.7. The van der Waals surface area contributed by atoms with Gasteiger partial charge in [0.15, 0.2) is 0 Å². The van der Waals surface area contributed by atoms with Crippen LogP contribution in [0.4, 0.5) is 0 Å². The normalized spacial score (nSPS) is 12.2. The molecule has 0 rings (SSSR count). The van der Waals surface area contributed by atoms with Crippen LogP contribution >= 0.6 is 0 Å². The molecule has 19 nitrogen and oxygen atoms in total. The first kappa shape index (κ1) is 72.2. The van der Waals surface area contributed by atoms with Gasteiger partial charge < -0.3 is 93.9 Å². The van der Waals surface area contributed by atoms with Gasteiger partial charge in [-0.05, 0) is 116 Å². The van der Waals surface area contributed by atoms with E-state index in [1.54, 1.807) is 0 Å². The highest BCUT2D eigenvalue weighted by Gasteiger charge is 2.11. The van der Waals surface area contributed by atoms with Crippen LogP contribution in [0.3, 0.4) is 0 Å². The fourth-order valence-electron chi connectivity index (χ4n) is 8.78. The molecule has 0 bridgehead atoms. The first-order valence-corrected chi connectivity index (χ1v) is 29.1. The Bertz CT molecular complexity index is 867. The molecule has 0 fully saturated rings. The van der Waals surface area contributed by atoms with Gasteiger partial charge in [0.2, 0.25) is 0 Å². The zero-order chi connectivity index (χ0) is 53.2. The summed E-state index contributed by atoms with van der Waals surface area (Å²) in [4.78, 5) is 14.2. The minimum absolute atomic E-state index is 0.179. The average Bonchev–Trinajstić information content (AvgIpc) is 3.40. The van der Waals surface area contributed by atoms with Gasteiger partial charge in [0.25, 0.3) is 0 Å². The van der Waals surface area contributed by atoms with E-state index >= 15 is 0 Å². The predicted octanol–water partition coefficient (Wildman–Crippen LogP) is 1.84. The molecule has 0 aromatic rings. The zero-order valence-electron chi connectivity index (χ0n) is 46.5. The number of aliphatic hydroxyl groups excluding tert-OH is 8. The van der Waals surface area contributed by atoms with Crippen LogP contribution in [0.25, 0.3) is 0 Å². The van der Waals surface area contributed by atoms with Gasteiger partial charge in [0.1, 0.15) is 0 Å². The molecule has 0 spiro atoms. The highest BCUT2D eigenvalue weighted by atomic mass is 16.5. The molecule has 0 atom stereocenters. The summed E-state index contributed by atoms with van der Waals surface area (Å²) in [5, 5.41) is 74.0. The van der Waals surface area contributed by atoms with Gasteiger partial charge in [-0.1, -0.05) is 0 Å². The zero-order valence-corrected chi connectivity index (χ0v) is 46.5. The third-order valence-corrected chi connectivity index (χ3v) is 12.7. The van der Waals surface area contributed by atoms with Crippen LogP contribution in [0.5, 0.6) is 0 Å². The fourth-order valence-corrected chi connectivity index (χ4v) is 8.78. The standard InChI is InChI=1S/C54H116N6O13/c61-37-1-19-55(20-2-38-62)27-9-45-69-49-13-31-59(32-14-50-70-46-10-28-56(21-3-39-63)22-4-40-64)35-17-53-73-54-18-36-60(33-15-51-71-47-11-29-57(23-5-41-65)24-6-42-66)34-16-52-72-48-12-30-58(25-7-43-67)26-8-44-68/h61-68H,1-54H2. The van der Waals surface area contributed by atoms with Crippen molar-refractivity contribution in [2.24, 2.45) is 0 Å². The van der Waals surface area contributed by atoms with Crippen LogP contribution in [-0.4, -0.2) is 307 Å². The summed E-state index contributed by atoms with van der Waals surface area (Å²) in [6, 6.07) is 0. The maximum Gasteiger partial charge on any atom is 0.0478 e. The molecule has 0 aromatic heterocycles. The lowest BCUT2D eigenvalue weighted by atomic mass is 10.3. The monoisotopic (exact) mass is 1060 g/mol. The molecule has 440 valence electrons. The molecule has 73 heavy (non-hydrogen) atoms. The summed E-state index contributed by atoms with van der Waals surface area (Å²) >= 11 is 0. The first-order chi connectivity index (χ1) is 36.0. The van der Waals surface area contributed by atoms with Crippen molar-refractivity contribution >= 4 is 0 Å². The van der Waals surface area contributed by atoms with Crippen molar-refractivity contribution < 1.29 is 64.5 Å². The van der Waals surface area contributed by atoms with E-state index in [0.29, 0.717) is 66.1 Å². The minimum atomic E-state index is 0.179. The van der Waals surface area contributed by atoms with Crippen LogP contribution in [0.15, 0.2) is 0 Å². The number of rotatable bonds is 64. The topological polar surface area (TPSA) is 227 Å². The summed E-state index contributed by atoms with van der Waals surface area (Å²) in [6.45, 7) is 24.5. The molecule has 0 heterocycles. The molecule has 0 saturated heterocycles. The molecular weight excluding hydrogens is 941 g/mol. The Balaban J connectivity index is 5.00. The van der Waals surface area contributed by atoms with E-state index in [-0.39, 0.29) is 52.9 Å². The fraction of sp³-hybridized carbons (Fsp3) is 1.00. The maximum atomic E-state index is 9.25. The van der Waals surface area contributed by atoms with Crippen LogP contribution in [0.2, 0.25) is 0 Å². The second-order valence-corrected chi connectivity index (χ2v) is 19.3. The lowest BCUT2D eigenvalue weighted by Gasteiger charge is -2.24. The van der Waals surface area contributed by atoms with E-state index in [0.717, 1.165) is 233 Å². The average molecular weight is 1060 g/mol. The van der Waals surface area contributed by atoms with Gasteiger partial charge >= 0.3 is 0 Å². The second-order valence-electron chi connectivity index (χ2n) is 19.3. The van der Waals surface area contributed by atoms with E-state index in [9.17, 15) is 40.9 Å². The van der Waals surface area contributed by atoms with E-state index in [4.69, 9.17) is 23.7 Å². The van der Waals surface area contributed by atoms with E-state index < -0.39 is 0 Å². The third-order valence-electron chi connectivity index (χ3n) is 12.7. The van der Waals surface area contributed by atoms with E-state index in [2.05, 4.69) is 29.4 Å². The molecule has 19 heteroatoms. The van der Waals surface area contributed by atoms with Crippen LogP contribution in [-0.2, 0) is 23.7 Å². The molecule has 0 aromatic carbocycles. The molecule has 0 unspecified atom stereocenters. The Morgan fingerprint density at radius 1 is 0.151 bits per heavy atom. The van der Waals surface area contributed by atoms with Gasteiger partial charge in [-0.15, -0.1) is 0 Å². The second kappa shape index (κ2) is 60.5. The maximum absolute atomic E-state index is 9.25. The molecule has 0 amide bonds. The highest BCUT2D eigenvalue weighted by molar-refractivity contribution is 4.65. The van der Waals surface area contributed by atoms with E-state index in [1.807, 2.05) is 0 Å². The van der Waals surface area contributed by atoms with Crippen LogP contribution in [0, 0.1) is 0 Å². The van der Waals surface area contributed by atoms with Gasteiger partial charge in [-0.3, -0.25) is 0 Å². The van der Waals surface area contributed by atoms with E-state index in [1.165, 1.54) is 0 Å². The Labute approximate surface area is 445 Å². The summed E-state index contributed by atoms with van der Waals surface area (Å²) in [5.41, 5.74) is 0. The number of nitrogens with zero attached hydrogens (tertiary/aromatic N) is 6. The summed E-state index contributed by atoms with van der Waals surface area (Å²) in [6.07, 6.45) is 15.4. The molecule has 8 N–H and O–H groups in total. The van der Waals surface area contributed by atoms with Crippen LogP contribution in [0.1, 0.15) is 116 Å². The molecule has 0 saturated carbocycles. The number of hydrogen-bond acceptors (Lipinski definition) is 19. The minimum Gasteiger partial charge on any atom is -0.396 e. The lowest BCUT2D eigenvalue weighted by molar-refractivity contribution is 0.0837. The summed E-state index contributed by atoms with van der Waals surface area (Å²) < 4.78 is 30.4. The van der Waals surface area contributed by atoms with Crippen molar-refractivity contribution in [1.82, 2.24) is 29.4 Å². The molecule has 0 aliphatic heterocycles.